The molecule has 1 heterocycles. The second-order valence-electron chi connectivity index (χ2n) is 2.39. The molecule has 0 spiro atoms. The van der Waals surface area contributed by atoms with Gasteiger partial charge in [0.25, 0.3) is 0 Å². The van der Waals surface area contributed by atoms with Gasteiger partial charge in [-0.1, -0.05) is 6.92 Å². The van der Waals surface area contributed by atoms with Crippen LogP contribution in [0, 0.1) is 0 Å². The smallest absolute Gasteiger partial charge is 0.191 e. The second-order valence-corrected chi connectivity index (χ2v) is 3.92. The summed E-state index contributed by atoms with van der Waals surface area (Å²) in [7, 11) is -1.73. The Labute approximate surface area is 61.6 Å². The molecule has 0 amide bonds. The van der Waals surface area contributed by atoms with E-state index in [4.69, 9.17) is 9.26 Å². The van der Waals surface area contributed by atoms with Crippen molar-refractivity contribution in [2.45, 2.75) is 19.4 Å². The van der Waals surface area contributed by atoms with Crippen LogP contribution >= 0.6 is 8.03 Å². The summed E-state index contributed by atoms with van der Waals surface area (Å²) in [5, 5.41) is 0. The third-order valence-electron chi connectivity index (χ3n) is 1.29. The van der Waals surface area contributed by atoms with E-state index in [9.17, 15) is 4.57 Å². The van der Waals surface area contributed by atoms with Gasteiger partial charge in [-0.2, -0.15) is 0 Å². The van der Waals surface area contributed by atoms with Gasteiger partial charge in [-0.3, -0.25) is 4.57 Å². The lowest BCUT2D eigenvalue weighted by Gasteiger charge is -1.98. The van der Waals surface area contributed by atoms with Crippen molar-refractivity contribution in [1.29, 1.82) is 0 Å². The second kappa shape index (κ2) is 4.12. The van der Waals surface area contributed by atoms with Gasteiger partial charge in [0.15, 0.2) is 8.03 Å². The van der Waals surface area contributed by atoms with Crippen LogP contribution in [-0.4, -0.2) is 25.5 Å². The van der Waals surface area contributed by atoms with Crippen molar-refractivity contribution in [3.05, 3.63) is 0 Å². The molecule has 0 radical (unpaired) electrons. The lowest BCUT2D eigenvalue weighted by Crippen LogP contribution is -1.95. The molecule has 3 nitrogen and oxygen atoms in total. The van der Waals surface area contributed by atoms with Gasteiger partial charge in [0.05, 0.1) is 13.2 Å². The first kappa shape index (κ1) is 8.25. The first-order chi connectivity index (χ1) is 4.83. The molecule has 1 aliphatic heterocycles. The minimum atomic E-state index is -1.73. The summed E-state index contributed by atoms with van der Waals surface area (Å²) >= 11 is 0. The Hall–Kier alpha value is 0.150. The number of hydrogen-bond donors (Lipinski definition) is 0. The molecule has 2 atom stereocenters. The van der Waals surface area contributed by atoms with Crippen LogP contribution in [0.1, 0.15) is 13.3 Å². The standard InChI is InChI=1S/C6H13O3P/c1-2-3-10(7)9-5-6-4-8-6/h6,10H,2-5H2,1H3. The average Bonchev–Trinajstić information content (AvgIpc) is 2.67. The Bertz CT molecular complexity index is 122. The van der Waals surface area contributed by atoms with Gasteiger partial charge >= 0.3 is 0 Å². The zero-order valence-corrected chi connectivity index (χ0v) is 7.13. The molecule has 2 unspecified atom stereocenters. The van der Waals surface area contributed by atoms with Crippen molar-refractivity contribution in [2.75, 3.05) is 19.4 Å². The molecule has 0 aromatic heterocycles. The van der Waals surface area contributed by atoms with E-state index >= 15 is 0 Å². The molecular weight excluding hydrogens is 151 g/mol. The van der Waals surface area contributed by atoms with Gasteiger partial charge in [0, 0.05) is 6.16 Å². The van der Waals surface area contributed by atoms with Crippen LogP contribution in [0.2, 0.25) is 0 Å². The summed E-state index contributed by atoms with van der Waals surface area (Å²) in [4.78, 5) is 0. The Kier molecular flexibility index (Phi) is 3.40. The predicted molar refractivity (Wildman–Crippen MR) is 39.9 cm³/mol. The molecular formula is C6H13O3P. The van der Waals surface area contributed by atoms with E-state index in [1.165, 1.54) is 0 Å². The van der Waals surface area contributed by atoms with E-state index in [0.717, 1.165) is 13.0 Å². The molecule has 60 valence electrons. The number of hydrogen-bond acceptors (Lipinski definition) is 3. The van der Waals surface area contributed by atoms with Crippen LogP contribution in [0.25, 0.3) is 0 Å². The molecule has 0 aliphatic carbocycles. The van der Waals surface area contributed by atoms with Gasteiger partial charge < -0.3 is 9.26 Å². The molecule has 1 saturated heterocycles. The van der Waals surface area contributed by atoms with Gasteiger partial charge in [0.1, 0.15) is 6.10 Å². The van der Waals surface area contributed by atoms with Crippen LogP contribution in [0.15, 0.2) is 0 Å². The van der Waals surface area contributed by atoms with E-state index in [1.54, 1.807) is 0 Å². The van der Waals surface area contributed by atoms with E-state index < -0.39 is 8.03 Å². The first-order valence-corrected chi connectivity index (χ1v) is 5.12. The normalized spacial score (nSPS) is 26.3. The van der Waals surface area contributed by atoms with Crippen LogP contribution in [0.3, 0.4) is 0 Å². The fraction of sp³-hybridized carbons (Fsp3) is 1.00. The predicted octanol–water partition coefficient (Wildman–Crippen LogP) is 1.29. The highest BCUT2D eigenvalue weighted by molar-refractivity contribution is 7.39. The van der Waals surface area contributed by atoms with E-state index in [2.05, 4.69) is 0 Å². The van der Waals surface area contributed by atoms with E-state index in [-0.39, 0.29) is 6.10 Å². The van der Waals surface area contributed by atoms with Crippen LogP contribution < -0.4 is 0 Å². The van der Waals surface area contributed by atoms with Crippen LogP contribution in [0.5, 0.6) is 0 Å². The molecule has 0 N–H and O–H groups in total. The monoisotopic (exact) mass is 164 g/mol. The van der Waals surface area contributed by atoms with Gasteiger partial charge in [0.2, 0.25) is 0 Å². The fourth-order valence-electron chi connectivity index (χ4n) is 0.626. The topological polar surface area (TPSA) is 38.8 Å². The number of ether oxygens (including phenoxy) is 1. The van der Waals surface area contributed by atoms with Crippen molar-refractivity contribution < 1.29 is 13.8 Å². The quantitative estimate of drug-likeness (QED) is 0.454. The van der Waals surface area contributed by atoms with E-state index in [1.807, 2.05) is 6.92 Å². The molecule has 1 aliphatic rings. The van der Waals surface area contributed by atoms with Gasteiger partial charge in [-0.15, -0.1) is 0 Å². The Morgan fingerprint density at radius 3 is 3.00 bits per heavy atom. The van der Waals surface area contributed by atoms with E-state index in [0.29, 0.717) is 12.8 Å². The third-order valence-corrected chi connectivity index (χ3v) is 2.68. The molecule has 1 fully saturated rings. The third kappa shape index (κ3) is 3.35. The molecule has 10 heavy (non-hydrogen) atoms. The van der Waals surface area contributed by atoms with Gasteiger partial charge in [-0.25, -0.2) is 0 Å². The molecule has 4 heteroatoms. The summed E-state index contributed by atoms with van der Waals surface area (Å²) in [6.45, 7) is 3.30. The molecule has 0 aromatic carbocycles. The van der Waals surface area contributed by atoms with Gasteiger partial charge in [-0.05, 0) is 6.42 Å². The van der Waals surface area contributed by atoms with Crippen LogP contribution in [0.4, 0.5) is 0 Å². The number of rotatable bonds is 5. The highest BCUT2D eigenvalue weighted by Crippen LogP contribution is 2.25. The van der Waals surface area contributed by atoms with Crippen LogP contribution in [-0.2, 0) is 13.8 Å². The zero-order valence-electron chi connectivity index (χ0n) is 6.13. The lowest BCUT2D eigenvalue weighted by molar-refractivity contribution is 0.272. The summed E-state index contributed by atoms with van der Waals surface area (Å²) in [5.41, 5.74) is 0. The average molecular weight is 164 g/mol. The maximum Gasteiger partial charge on any atom is 0.191 e. The highest BCUT2D eigenvalue weighted by Gasteiger charge is 2.22. The summed E-state index contributed by atoms with van der Waals surface area (Å²) in [6, 6.07) is 0. The minimum absolute atomic E-state index is 0.241. The van der Waals surface area contributed by atoms with Crippen molar-refractivity contribution in [2.24, 2.45) is 0 Å². The highest BCUT2D eigenvalue weighted by atomic mass is 31.1. The Morgan fingerprint density at radius 2 is 2.50 bits per heavy atom. The maximum atomic E-state index is 10.9. The minimum Gasteiger partial charge on any atom is -0.371 e. The summed E-state index contributed by atoms with van der Waals surface area (Å²) in [5.74, 6) is 0. The Morgan fingerprint density at radius 1 is 1.80 bits per heavy atom. The summed E-state index contributed by atoms with van der Waals surface area (Å²) in [6.07, 6.45) is 1.88. The maximum absolute atomic E-state index is 10.9. The van der Waals surface area contributed by atoms with Crippen molar-refractivity contribution in [3.8, 4) is 0 Å². The molecule has 0 bridgehead atoms. The summed E-state index contributed by atoms with van der Waals surface area (Å²) < 4.78 is 20.8. The molecule has 0 saturated carbocycles. The Balaban J connectivity index is 1.94. The van der Waals surface area contributed by atoms with Crippen molar-refractivity contribution in [1.82, 2.24) is 0 Å². The molecule has 0 aromatic rings. The number of epoxide rings is 1. The lowest BCUT2D eigenvalue weighted by atomic mass is 10.5. The van der Waals surface area contributed by atoms with Crippen molar-refractivity contribution in [3.63, 3.8) is 0 Å². The largest absolute Gasteiger partial charge is 0.371 e. The van der Waals surface area contributed by atoms with Crippen molar-refractivity contribution >= 4 is 8.03 Å². The zero-order chi connectivity index (χ0) is 7.40. The SMILES string of the molecule is CCC[PH](=O)OCC1CO1. The fourth-order valence-corrected chi connectivity index (χ4v) is 1.55. The molecule has 1 rings (SSSR count). The first-order valence-electron chi connectivity index (χ1n) is 3.60.